The monoisotopic (exact) mass is 401 g/mol. The van der Waals surface area contributed by atoms with E-state index in [1.165, 1.54) is 12.1 Å². The molecule has 0 saturated heterocycles. The number of nitrogens with one attached hydrogen (secondary N) is 2. The van der Waals surface area contributed by atoms with Gasteiger partial charge in [-0.25, -0.2) is 9.97 Å². The highest BCUT2D eigenvalue weighted by atomic mass is 16.6. The Hall–Kier alpha value is -4.00. The van der Waals surface area contributed by atoms with Gasteiger partial charge in [0.1, 0.15) is 17.3 Å². The summed E-state index contributed by atoms with van der Waals surface area (Å²) in [4.78, 5) is 18.3. The predicted molar refractivity (Wildman–Crippen MR) is 114 cm³/mol. The minimum absolute atomic E-state index is 0.0136. The molecule has 7 heteroatoms. The molecule has 4 aromatic rings. The highest BCUT2D eigenvalue weighted by Gasteiger charge is 2.25. The molecule has 0 aliphatic rings. The second-order valence-electron chi connectivity index (χ2n) is 7.23. The van der Waals surface area contributed by atoms with Crippen molar-refractivity contribution in [1.82, 2.24) is 4.98 Å². The van der Waals surface area contributed by atoms with Crippen molar-refractivity contribution in [3.63, 3.8) is 0 Å². The van der Waals surface area contributed by atoms with Crippen LogP contribution < -0.4 is 10.3 Å². The number of aromatic amines is 1. The maximum absolute atomic E-state index is 11.1. The van der Waals surface area contributed by atoms with Crippen LogP contribution in [-0.2, 0) is 0 Å². The van der Waals surface area contributed by atoms with E-state index in [1.807, 2.05) is 56.4 Å². The first-order valence-corrected chi connectivity index (χ1v) is 9.51. The number of phenols is 1. The molecule has 0 unspecified atom stereocenters. The molecule has 0 bridgehead atoms. The van der Waals surface area contributed by atoms with E-state index in [-0.39, 0.29) is 11.4 Å². The van der Waals surface area contributed by atoms with E-state index in [1.54, 1.807) is 12.1 Å². The number of non-ortho nitro benzene ring substituents is 1. The lowest BCUT2D eigenvalue weighted by Crippen LogP contribution is -2.19. The molecule has 2 aromatic carbocycles. The van der Waals surface area contributed by atoms with Crippen molar-refractivity contribution in [3.8, 4) is 5.75 Å². The third-order valence-corrected chi connectivity index (χ3v) is 5.01. The number of aryl methyl sites for hydroxylation is 2. The van der Waals surface area contributed by atoms with Crippen LogP contribution in [-0.4, -0.2) is 15.0 Å². The van der Waals surface area contributed by atoms with Gasteiger partial charge in [0.15, 0.2) is 0 Å². The molecule has 7 nitrogen and oxygen atoms in total. The first-order chi connectivity index (χ1) is 14.4. The number of rotatable bonds is 5. The topological polar surface area (TPSA) is 102 Å². The minimum atomic E-state index is -0.449. The zero-order valence-corrected chi connectivity index (χ0v) is 16.6. The van der Waals surface area contributed by atoms with Gasteiger partial charge in [-0.2, -0.15) is 0 Å². The lowest BCUT2D eigenvalue weighted by Gasteiger charge is -2.18. The number of pyridine rings is 2. The quantitative estimate of drug-likeness (QED) is 0.379. The van der Waals surface area contributed by atoms with Crippen molar-refractivity contribution in [1.29, 1.82) is 0 Å². The van der Waals surface area contributed by atoms with Crippen LogP contribution >= 0.6 is 0 Å². The smallest absolute Gasteiger partial charge is 0.273 e. The van der Waals surface area contributed by atoms with Gasteiger partial charge in [-0.15, -0.1) is 0 Å². The Kier molecular flexibility index (Phi) is 5.02. The molecule has 150 valence electrons. The number of anilines is 1. The van der Waals surface area contributed by atoms with Crippen LogP contribution in [0.3, 0.4) is 0 Å². The van der Waals surface area contributed by atoms with Gasteiger partial charge in [0.25, 0.3) is 11.5 Å². The van der Waals surface area contributed by atoms with E-state index >= 15 is 0 Å². The fourth-order valence-corrected chi connectivity index (χ4v) is 3.47. The number of nitro benzene ring substituents is 1. The zero-order valence-electron chi connectivity index (χ0n) is 16.6. The summed E-state index contributed by atoms with van der Waals surface area (Å²) in [5.41, 5.74) is 3.82. The predicted octanol–water partition coefficient (Wildman–Crippen LogP) is 4.48. The summed E-state index contributed by atoms with van der Waals surface area (Å²) in [6.45, 7) is 3.86. The van der Waals surface area contributed by atoms with Crippen molar-refractivity contribution >= 4 is 22.4 Å². The third-order valence-electron chi connectivity index (χ3n) is 5.01. The average Bonchev–Trinajstić information content (AvgIpc) is 2.73. The molecule has 0 aliphatic heterocycles. The average molecular weight is 401 g/mol. The van der Waals surface area contributed by atoms with Gasteiger partial charge >= 0.3 is 0 Å². The molecule has 0 amide bonds. The van der Waals surface area contributed by atoms with E-state index < -0.39 is 11.0 Å². The SMILES string of the molecule is Cc1cc[nH+]c(N[C@H](c2ccc([N+](=O)[O-])cc2)c2ccc3ccc(C)nc3c2O)c1. The fourth-order valence-electron chi connectivity index (χ4n) is 3.47. The number of phenolic OH excluding ortho intramolecular Hbond substituents is 1. The number of H-pyrrole nitrogens is 1. The van der Waals surface area contributed by atoms with Gasteiger partial charge in [0.05, 0.1) is 11.1 Å². The lowest BCUT2D eigenvalue weighted by molar-refractivity contribution is -0.384. The van der Waals surface area contributed by atoms with Gasteiger partial charge < -0.3 is 5.11 Å². The Bertz CT molecular complexity index is 1240. The lowest BCUT2D eigenvalue weighted by atomic mass is 9.96. The molecular weight excluding hydrogens is 380 g/mol. The van der Waals surface area contributed by atoms with Crippen LogP contribution in [0.2, 0.25) is 0 Å². The van der Waals surface area contributed by atoms with Crippen molar-refractivity contribution in [2.24, 2.45) is 0 Å². The molecule has 3 N–H and O–H groups in total. The van der Waals surface area contributed by atoms with Gasteiger partial charge in [0, 0.05) is 40.4 Å². The van der Waals surface area contributed by atoms with E-state index in [0.29, 0.717) is 11.1 Å². The summed E-state index contributed by atoms with van der Waals surface area (Å²) in [5.74, 6) is 0.842. The summed E-state index contributed by atoms with van der Waals surface area (Å²) in [6, 6.07) is 17.4. The first kappa shape index (κ1) is 19.3. The van der Waals surface area contributed by atoms with E-state index in [4.69, 9.17) is 0 Å². The standard InChI is InChI=1S/C23H20N4O3/c1-14-11-12-24-20(13-14)26-21(16-5-8-18(9-6-16)27(29)30)19-10-7-17-4-3-15(2)25-22(17)23(19)28/h3-13,21,28H,1-2H3,(H,24,26)/p+1/t21-/m1/s1. The third kappa shape index (κ3) is 3.77. The van der Waals surface area contributed by atoms with Crippen LogP contribution in [0.15, 0.2) is 66.9 Å². The summed E-state index contributed by atoms with van der Waals surface area (Å²) >= 11 is 0. The molecule has 1 atom stereocenters. The Morgan fingerprint density at radius 1 is 1.07 bits per heavy atom. The molecule has 0 aliphatic carbocycles. The highest BCUT2D eigenvalue weighted by molar-refractivity contribution is 5.86. The van der Waals surface area contributed by atoms with E-state index in [0.717, 1.165) is 28.0 Å². The number of nitrogens with zero attached hydrogens (tertiary/aromatic N) is 2. The number of benzene rings is 2. The zero-order chi connectivity index (χ0) is 21.3. The van der Waals surface area contributed by atoms with Crippen LogP contribution in [0.4, 0.5) is 11.5 Å². The van der Waals surface area contributed by atoms with E-state index in [2.05, 4.69) is 15.3 Å². The number of fused-ring (bicyclic) bond motifs is 1. The summed E-state index contributed by atoms with van der Waals surface area (Å²) in [6.07, 6.45) is 1.83. The van der Waals surface area contributed by atoms with Crippen LogP contribution in [0.1, 0.15) is 28.4 Å². The van der Waals surface area contributed by atoms with Crippen LogP contribution in [0.25, 0.3) is 10.9 Å². The van der Waals surface area contributed by atoms with Crippen LogP contribution in [0, 0.1) is 24.0 Å². The normalized spacial score (nSPS) is 11.9. The Morgan fingerprint density at radius 3 is 2.50 bits per heavy atom. The number of aromatic nitrogens is 2. The second kappa shape index (κ2) is 7.79. The molecule has 2 aromatic heterocycles. The Labute approximate surface area is 173 Å². The maximum atomic E-state index is 11.1. The van der Waals surface area contributed by atoms with Crippen molar-refractivity contribution < 1.29 is 15.0 Å². The first-order valence-electron chi connectivity index (χ1n) is 9.51. The molecule has 30 heavy (non-hydrogen) atoms. The number of hydrogen-bond acceptors (Lipinski definition) is 5. The summed E-state index contributed by atoms with van der Waals surface area (Å²) in [7, 11) is 0. The number of nitro groups is 1. The summed E-state index contributed by atoms with van der Waals surface area (Å²) in [5, 5.41) is 26.4. The summed E-state index contributed by atoms with van der Waals surface area (Å²) < 4.78 is 0. The molecular formula is C23H21N4O3+. The fraction of sp³-hybridized carbons (Fsp3) is 0.130. The van der Waals surface area contributed by atoms with Gasteiger partial charge in [-0.05, 0) is 49.7 Å². The van der Waals surface area contributed by atoms with Crippen molar-refractivity contribution in [2.75, 3.05) is 5.32 Å². The molecule has 0 saturated carbocycles. The molecule has 4 rings (SSSR count). The molecule has 0 spiro atoms. The van der Waals surface area contributed by atoms with E-state index in [9.17, 15) is 15.2 Å². The second-order valence-corrected chi connectivity index (χ2v) is 7.23. The van der Waals surface area contributed by atoms with Crippen molar-refractivity contribution in [2.45, 2.75) is 19.9 Å². The largest absolute Gasteiger partial charge is 0.505 e. The van der Waals surface area contributed by atoms with Gasteiger partial charge in [-0.1, -0.05) is 12.1 Å². The molecule has 0 fully saturated rings. The minimum Gasteiger partial charge on any atom is -0.505 e. The molecule has 2 heterocycles. The highest BCUT2D eigenvalue weighted by Crippen LogP contribution is 2.36. The van der Waals surface area contributed by atoms with Crippen molar-refractivity contribution in [3.05, 3.63) is 99.4 Å². The number of aromatic hydroxyl groups is 1. The van der Waals surface area contributed by atoms with Crippen LogP contribution in [0.5, 0.6) is 5.75 Å². The van der Waals surface area contributed by atoms with Gasteiger partial charge in [-0.3, -0.25) is 15.4 Å². The molecule has 0 radical (unpaired) electrons. The Morgan fingerprint density at radius 2 is 1.80 bits per heavy atom. The van der Waals surface area contributed by atoms with Gasteiger partial charge in [0.2, 0.25) is 0 Å². The maximum Gasteiger partial charge on any atom is 0.273 e. The Balaban J connectivity index is 1.85. The number of hydrogen-bond donors (Lipinski definition) is 2.